The third-order valence-corrected chi connectivity index (χ3v) is 3.48. The molecule has 0 radical (unpaired) electrons. The Morgan fingerprint density at radius 1 is 1.31 bits per heavy atom. The molecule has 0 bridgehead atoms. The van der Waals surface area contributed by atoms with E-state index in [9.17, 15) is 4.79 Å². The second kappa shape index (κ2) is 5.48. The summed E-state index contributed by atoms with van der Waals surface area (Å²) in [6.45, 7) is 0.804. The van der Waals surface area contributed by atoms with Crippen LogP contribution in [0.15, 0.2) is 30.3 Å². The molecule has 16 heavy (non-hydrogen) atoms. The van der Waals surface area contributed by atoms with Crippen molar-refractivity contribution in [2.24, 2.45) is 0 Å². The fourth-order valence-electron chi connectivity index (χ4n) is 1.99. The number of halogens is 1. The lowest BCUT2D eigenvalue weighted by molar-refractivity contribution is 0.0599. The van der Waals surface area contributed by atoms with E-state index in [0.717, 1.165) is 30.3 Å². The standard InChI is InChI=1S/C13H16BrNO/c14-9-10-15(12-7-4-8-12)13(16)11-5-2-1-3-6-11/h1-3,5-6,12H,4,7-10H2. The van der Waals surface area contributed by atoms with Gasteiger partial charge < -0.3 is 4.90 Å². The van der Waals surface area contributed by atoms with E-state index in [1.54, 1.807) is 0 Å². The molecule has 1 fully saturated rings. The van der Waals surface area contributed by atoms with Gasteiger partial charge >= 0.3 is 0 Å². The highest BCUT2D eigenvalue weighted by atomic mass is 79.9. The number of rotatable bonds is 4. The first-order chi connectivity index (χ1) is 7.83. The van der Waals surface area contributed by atoms with Crippen LogP contribution < -0.4 is 0 Å². The normalized spacial score (nSPS) is 15.6. The number of amides is 1. The van der Waals surface area contributed by atoms with Crippen molar-refractivity contribution in [2.45, 2.75) is 25.3 Å². The molecule has 1 saturated carbocycles. The van der Waals surface area contributed by atoms with Gasteiger partial charge in [-0.15, -0.1) is 0 Å². The lowest BCUT2D eigenvalue weighted by atomic mass is 9.91. The molecule has 1 aliphatic rings. The van der Waals surface area contributed by atoms with Gasteiger partial charge in [-0.3, -0.25) is 4.79 Å². The zero-order chi connectivity index (χ0) is 11.4. The molecular formula is C13H16BrNO. The van der Waals surface area contributed by atoms with E-state index >= 15 is 0 Å². The summed E-state index contributed by atoms with van der Waals surface area (Å²) in [5.74, 6) is 0.171. The molecule has 0 N–H and O–H groups in total. The second-order valence-corrected chi connectivity index (χ2v) is 4.93. The Hall–Kier alpha value is -0.830. The highest BCUT2D eigenvalue weighted by Crippen LogP contribution is 2.26. The number of hydrogen-bond acceptors (Lipinski definition) is 1. The summed E-state index contributed by atoms with van der Waals surface area (Å²) < 4.78 is 0. The van der Waals surface area contributed by atoms with E-state index in [0.29, 0.717) is 6.04 Å². The van der Waals surface area contributed by atoms with Crippen molar-refractivity contribution >= 4 is 21.8 Å². The van der Waals surface area contributed by atoms with Crippen molar-refractivity contribution in [3.63, 3.8) is 0 Å². The van der Waals surface area contributed by atoms with Gasteiger partial charge in [-0.1, -0.05) is 34.1 Å². The topological polar surface area (TPSA) is 20.3 Å². The first kappa shape index (κ1) is 11.6. The molecule has 0 atom stereocenters. The molecule has 1 aromatic carbocycles. The Morgan fingerprint density at radius 3 is 2.50 bits per heavy atom. The van der Waals surface area contributed by atoms with Crippen molar-refractivity contribution in [3.8, 4) is 0 Å². The number of nitrogens with zero attached hydrogens (tertiary/aromatic N) is 1. The van der Waals surface area contributed by atoms with Gasteiger partial charge in [0.15, 0.2) is 0 Å². The van der Waals surface area contributed by atoms with Crippen molar-refractivity contribution in [1.82, 2.24) is 4.90 Å². The Balaban J connectivity index is 2.10. The summed E-state index contributed by atoms with van der Waals surface area (Å²) in [4.78, 5) is 14.3. The van der Waals surface area contributed by atoms with Gasteiger partial charge in [-0.05, 0) is 31.4 Å². The Bertz CT molecular complexity index is 348. The van der Waals surface area contributed by atoms with Crippen LogP contribution in [-0.2, 0) is 0 Å². The summed E-state index contributed by atoms with van der Waals surface area (Å²) in [7, 11) is 0. The van der Waals surface area contributed by atoms with Gasteiger partial charge in [0.25, 0.3) is 5.91 Å². The zero-order valence-electron chi connectivity index (χ0n) is 9.23. The van der Waals surface area contributed by atoms with Crippen LogP contribution in [0.1, 0.15) is 29.6 Å². The SMILES string of the molecule is O=C(c1ccccc1)N(CCBr)C1CCC1. The predicted molar refractivity (Wildman–Crippen MR) is 68.9 cm³/mol. The first-order valence-electron chi connectivity index (χ1n) is 5.75. The highest BCUT2D eigenvalue weighted by Gasteiger charge is 2.28. The Kier molecular flexibility index (Phi) is 3.99. The molecular weight excluding hydrogens is 266 g/mol. The molecule has 0 heterocycles. The lowest BCUT2D eigenvalue weighted by Gasteiger charge is -2.37. The molecule has 1 amide bonds. The van der Waals surface area contributed by atoms with Crippen LogP contribution in [0.4, 0.5) is 0 Å². The fourth-order valence-corrected chi connectivity index (χ4v) is 2.37. The first-order valence-corrected chi connectivity index (χ1v) is 6.87. The predicted octanol–water partition coefficient (Wildman–Crippen LogP) is 3.08. The largest absolute Gasteiger partial charge is 0.335 e. The molecule has 2 rings (SSSR count). The van der Waals surface area contributed by atoms with Crippen molar-refractivity contribution in [2.75, 3.05) is 11.9 Å². The van der Waals surface area contributed by atoms with Crippen molar-refractivity contribution in [3.05, 3.63) is 35.9 Å². The average Bonchev–Trinajstić information content (AvgIpc) is 2.26. The zero-order valence-corrected chi connectivity index (χ0v) is 10.8. The fraction of sp³-hybridized carbons (Fsp3) is 0.462. The molecule has 0 aliphatic heterocycles. The van der Waals surface area contributed by atoms with E-state index in [4.69, 9.17) is 0 Å². The minimum absolute atomic E-state index is 0.171. The second-order valence-electron chi connectivity index (χ2n) is 4.14. The maximum atomic E-state index is 12.3. The van der Waals surface area contributed by atoms with E-state index in [1.807, 2.05) is 35.2 Å². The lowest BCUT2D eigenvalue weighted by Crippen LogP contribution is -2.45. The molecule has 0 aromatic heterocycles. The van der Waals surface area contributed by atoms with Crippen LogP contribution in [-0.4, -0.2) is 28.7 Å². The van der Waals surface area contributed by atoms with E-state index in [1.165, 1.54) is 6.42 Å². The van der Waals surface area contributed by atoms with Crippen LogP contribution in [0.2, 0.25) is 0 Å². The van der Waals surface area contributed by atoms with Gasteiger partial charge in [0.2, 0.25) is 0 Å². The number of alkyl halides is 1. The molecule has 1 aromatic rings. The van der Waals surface area contributed by atoms with Gasteiger partial charge in [0.05, 0.1) is 0 Å². The monoisotopic (exact) mass is 281 g/mol. The maximum absolute atomic E-state index is 12.3. The molecule has 0 unspecified atom stereocenters. The van der Waals surface area contributed by atoms with Gasteiger partial charge in [0, 0.05) is 23.5 Å². The summed E-state index contributed by atoms with van der Waals surface area (Å²) in [6.07, 6.45) is 3.57. The minimum Gasteiger partial charge on any atom is -0.335 e. The third kappa shape index (κ3) is 2.46. The van der Waals surface area contributed by atoms with Gasteiger partial charge in [-0.2, -0.15) is 0 Å². The molecule has 3 heteroatoms. The molecule has 0 saturated heterocycles. The molecule has 1 aliphatic carbocycles. The minimum atomic E-state index is 0.171. The van der Waals surface area contributed by atoms with Crippen LogP contribution in [0.3, 0.4) is 0 Å². The highest BCUT2D eigenvalue weighted by molar-refractivity contribution is 9.09. The summed E-state index contributed by atoms with van der Waals surface area (Å²) in [6, 6.07) is 10.0. The quantitative estimate of drug-likeness (QED) is 0.777. The number of benzene rings is 1. The Morgan fingerprint density at radius 2 is 2.00 bits per heavy atom. The van der Waals surface area contributed by atoms with Gasteiger partial charge in [0.1, 0.15) is 0 Å². The van der Waals surface area contributed by atoms with Crippen LogP contribution in [0.5, 0.6) is 0 Å². The smallest absolute Gasteiger partial charge is 0.254 e. The third-order valence-electron chi connectivity index (χ3n) is 3.12. The number of hydrogen-bond donors (Lipinski definition) is 0. The molecule has 2 nitrogen and oxygen atoms in total. The number of carbonyl (C=O) groups is 1. The molecule has 0 spiro atoms. The maximum Gasteiger partial charge on any atom is 0.254 e. The van der Waals surface area contributed by atoms with Gasteiger partial charge in [-0.25, -0.2) is 0 Å². The number of carbonyl (C=O) groups excluding carboxylic acids is 1. The summed E-state index contributed by atoms with van der Waals surface area (Å²) >= 11 is 3.42. The average molecular weight is 282 g/mol. The van der Waals surface area contributed by atoms with E-state index < -0.39 is 0 Å². The van der Waals surface area contributed by atoms with Crippen LogP contribution in [0, 0.1) is 0 Å². The van der Waals surface area contributed by atoms with Crippen LogP contribution >= 0.6 is 15.9 Å². The summed E-state index contributed by atoms with van der Waals surface area (Å²) in [5, 5.41) is 0.849. The van der Waals surface area contributed by atoms with E-state index in [2.05, 4.69) is 15.9 Å². The Labute approximate surface area is 105 Å². The van der Waals surface area contributed by atoms with E-state index in [-0.39, 0.29) is 5.91 Å². The van der Waals surface area contributed by atoms with Crippen LogP contribution in [0.25, 0.3) is 0 Å². The van der Waals surface area contributed by atoms with Crippen molar-refractivity contribution in [1.29, 1.82) is 0 Å². The molecule has 86 valence electrons. The summed E-state index contributed by atoms with van der Waals surface area (Å²) in [5.41, 5.74) is 0.801. The van der Waals surface area contributed by atoms with Crippen molar-refractivity contribution < 1.29 is 4.79 Å².